The Morgan fingerprint density at radius 3 is 2.63 bits per heavy atom. The number of carbonyl (C=O) groups excluding carboxylic acids is 1. The van der Waals surface area contributed by atoms with E-state index in [0.29, 0.717) is 6.61 Å². The Morgan fingerprint density at radius 2 is 1.83 bits per heavy atom. The SMILES string of the molecule is COC(=O)C1CCCN(CCCCOc2ccccc2/C=C/c2ccccc2)C1.Cl. The van der Waals surface area contributed by atoms with Gasteiger partial charge in [-0.25, -0.2) is 0 Å². The van der Waals surface area contributed by atoms with Gasteiger partial charge in [0.1, 0.15) is 5.75 Å². The number of esters is 1. The van der Waals surface area contributed by atoms with Crippen molar-refractivity contribution < 1.29 is 14.3 Å². The van der Waals surface area contributed by atoms with Gasteiger partial charge in [0, 0.05) is 12.1 Å². The van der Waals surface area contributed by atoms with Crippen molar-refractivity contribution in [3.63, 3.8) is 0 Å². The largest absolute Gasteiger partial charge is 0.493 e. The van der Waals surface area contributed by atoms with Crippen molar-refractivity contribution >= 4 is 30.5 Å². The number of unbranched alkanes of at least 4 members (excludes halogenated alkanes) is 1. The van der Waals surface area contributed by atoms with Gasteiger partial charge in [-0.3, -0.25) is 4.79 Å². The first-order valence-corrected chi connectivity index (χ1v) is 10.5. The van der Waals surface area contributed by atoms with Gasteiger partial charge in [-0.2, -0.15) is 0 Å². The standard InChI is InChI=1S/C25H31NO3.ClH/c1-28-25(27)23-13-9-18-26(20-23)17-7-8-19-29-24-14-6-5-12-22(24)16-15-21-10-3-2-4-11-21;/h2-6,10-12,14-16,23H,7-9,13,17-20H2,1H3;1H/b16-15+;. The number of rotatable bonds is 9. The predicted molar refractivity (Wildman–Crippen MR) is 125 cm³/mol. The molecule has 0 aromatic heterocycles. The molecule has 1 unspecified atom stereocenters. The Hall–Kier alpha value is -2.30. The number of likely N-dealkylation sites (tertiary alicyclic amines) is 1. The number of halogens is 1. The third-order valence-electron chi connectivity index (χ3n) is 5.34. The molecule has 4 nitrogen and oxygen atoms in total. The van der Waals surface area contributed by atoms with E-state index in [9.17, 15) is 4.79 Å². The first-order chi connectivity index (χ1) is 14.3. The molecule has 3 rings (SSSR count). The normalized spacial score (nSPS) is 16.8. The number of piperidine rings is 1. The maximum atomic E-state index is 11.7. The van der Waals surface area contributed by atoms with E-state index in [1.54, 1.807) is 0 Å². The molecule has 0 radical (unpaired) electrons. The Morgan fingerprint density at radius 1 is 1.07 bits per heavy atom. The number of carbonyl (C=O) groups is 1. The van der Waals surface area contributed by atoms with Crippen LogP contribution in [0.25, 0.3) is 12.2 Å². The van der Waals surface area contributed by atoms with Crippen LogP contribution in [-0.4, -0.2) is 44.2 Å². The van der Waals surface area contributed by atoms with Gasteiger partial charge in [0.05, 0.1) is 19.6 Å². The van der Waals surface area contributed by atoms with E-state index in [4.69, 9.17) is 9.47 Å². The van der Waals surface area contributed by atoms with Crippen LogP contribution < -0.4 is 4.74 Å². The number of ether oxygens (including phenoxy) is 2. The van der Waals surface area contributed by atoms with Crippen molar-refractivity contribution in [1.82, 2.24) is 4.90 Å². The summed E-state index contributed by atoms with van der Waals surface area (Å²) in [5, 5.41) is 0. The van der Waals surface area contributed by atoms with Gasteiger partial charge >= 0.3 is 5.97 Å². The van der Waals surface area contributed by atoms with Crippen LogP contribution in [0, 0.1) is 5.92 Å². The lowest BCUT2D eigenvalue weighted by Crippen LogP contribution is -2.39. The fourth-order valence-corrected chi connectivity index (χ4v) is 3.74. The first-order valence-electron chi connectivity index (χ1n) is 10.5. The summed E-state index contributed by atoms with van der Waals surface area (Å²) >= 11 is 0. The van der Waals surface area contributed by atoms with Gasteiger partial charge in [-0.15, -0.1) is 12.4 Å². The molecule has 0 bridgehead atoms. The molecule has 1 fully saturated rings. The molecular weight excluding hydrogens is 398 g/mol. The molecule has 0 saturated carbocycles. The van der Waals surface area contributed by atoms with Crippen LogP contribution in [0.5, 0.6) is 5.75 Å². The zero-order valence-electron chi connectivity index (χ0n) is 17.7. The molecule has 1 atom stereocenters. The first kappa shape index (κ1) is 24.0. The van der Waals surface area contributed by atoms with Crippen molar-refractivity contribution in [2.45, 2.75) is 25.7 Å². The van der Waals surface area contributed by atoms with Crippen molar-refractivity contribution in [3.05, 3.63) is 65.7 Å². The second-order valence-corrected chi connectivity index (χ2v) is 7.50. The molecule has 30 heavy (non-hydrogen) atoms. The number of nitrogens with zero attached hydrogens (tertiary/aromatic N) is 1. The minimum Gasteiger partial charge on any atom is -0.493 e. The summed E-state index contributed by atoms with van der Waals surface area (Å²) in [6.07, 6.45) is 8.28. The minimum atomic E-state index is -0.0711. The van der Waals surface area contributed by atoms with Crippen LogP contribution in [0.4, 0.5) is 0 Å². The van der Waals surface area contributed by atoms with Crippen LogP contribution in [0.15, 0.2) is 54.6 Å². The van der Waals surface area contributed by atoms with Gasteiger partial charge in [0.15, 0.2) is 0 Å². The lowest BCUT2D eigenvalue weighted by Gasteiger charge is -2.31. The van der Waals surface area contributed by atoms with Crippen LogP contribution >= 0.6 is 12.4 Å². The quantitative estimate of drug-likeness (QED) is 0.307. The smallest absolute Gasteiger partial charge is 0.309 e. The van der Waals surface area contributed by atoms with E-state index in [0.717, 1.165) is 56.6 Å². The molecule has 2 aromatic rings. The minimum absolute atomic E-state index is 0. The van der Waals surface area contributed by atoms with E-state index in [2.05, 4.69) is 35.3 Å². The molecule has 0 N–H and O–H groups in total. The molecule has 1 aliphatic heterocycles. The highest BCUT2D eigenvalue weighted by Gasteiger charge is 2.25. The van der Waals surface area contributed by atoms with E-state index in [1.807, 2.05) is 36.4 Å². The summed E-state index contributed by atoms with van der Waals surface area (Å²) in [4.78, 5) is 14.1. The van der Waals surface area contributed by atoms with Gasteiger partial charge in [-0.05, 0) is 50.4 Å². The molecule has 1 heterocycles. The maximum absolute atomic E-state index is 11.7. The second-order valence-electron chi connectivity index (χ2n) is 7.50. The number of methoxy groups -OCH3 is 1. The third-order valence-corrected chi connectivity index (χ3v) is 5.34. The molecule has 1 saturated heterocycles. The number of benzene rings is 2. The summed E-state index contributed by atoms with van der Waals surface area (Å²) in [6.45, 7) is 3.60. The number of hydrogen-bond donors (Lipinski definition) is 0. The summed E-state index contributed by atoms with van der Waals surface area (Å²) in [6, 6.07) is 18.4. The Labute approximate surface area is 186 Å². The summed E-state index contributed by atoms with van der Waals surface area (Å²) < 4.78 is 10.9. The second kappa shape index (κ2) is 13.1. The van der Waals surface area contributed by atoms with Crippen molar-refractivity contribution in [2.75, 3.05) is 33.4 Å². The van der Waals surface area contributed by atoms with Crippen molar-refractivity contribution in [3.8, 4) is 5.75 Å². The molecule has 1 aliphatic rings. The van der Waals surface area contributed by atoms with Gasteiger partial charge in [-0.1, -0.05) is 60.7 Å². The van der Waals surface area contributed by atoms with E-state index >= 15 is 0 Å². The molecule has 0 aliphatic carbocycles. The van der Waals surface area contributed by atoms with Crippen LogP contribution in [-0.2, 0) is 9.53 Å². The maximum Gasteiger partial charge on any atom is 0.309 e. The highest BCUT2D eigenvalue weighted by atomic mass is 35.5. The zero-order chi connectivity index (χ0) is 20.3. The summed E-state index contributed by atoms with van der Waals surface area (Å²) in [5.41, 5.74) is 2.27. The van der Waals surface area contributed by atoms with E-state index < -0.39 is 0 Å². The Balaban J connectivity index is 0.00000320. The lowest BCUT2D eigenvalue weighted by molar-refractivity contribution is -0.147. The monoisotopic (exact) mass is 429 g/mol. The van der Waals surface area contributed by atoms with Crippen molar-refractivity contribution in [2.24, 2.45) is 5.92 Å². The van der Waals surface area contributed by atoms with Gasteiger partial charge in [0.2, 0.25) is 0 Å². The predicted octanol–water partition coefficient (Wildman–Crippen LogP) is 5.32. The average molecular weight is 430 g/mol. The van der Waals surface area contributed by atoms with Crippen molar-refractivity contribution in [1.29, 1.82) is 0 Å². The Kier molecular flexibility index (Phi) is 10.5. The third kappa shape index (κ3) is 7.51. The molecule has 2 aromatic carbocycles. The van der Waals surface area contributed by atoms with E-state index in [1.165, 1.54) is 12.7 Å². The summed E-state index contributed by atoms with van der Waals surface area (Å²) in [7, 11) is 1.48. The fraction of sp³-hybridized carbons (Fsp3) is 0.400. The fourth-order valence-electron chi connectivity index (χ4n) is 3.74. The average Bonchev–Trinajstić information content (AvgIpc) is 2.78. The molecule has 0 spiro atoms. The van der Waals surface area contributed by atoms with Crippen LogP contribution in [0.1, 0.15) is 36.8 Å². The summed E-state index contributed by atoms with van der Waals surface area (Å²) in [5.74, 6) is 0.884. The molecule has 162 valence electrons. The van der Waals surface area contributed by atoms with Gasteiger partial charge < -0.3 is 14.4 Å². The van der Waals surface area contributed by atoms with E-state index in [-0.39, 0.29) is 24.3 Å². The highest BCUT2D eigenvalue weighted by Crippen LogP contribution is 2.21. The van der Waals surface area contributed by atoms with Gasteiger partial charge in [0.25, 0.3) is 0 Å². The molecular formula is C25H32ClNO3. The van der Waals surface area contributed by atoms with Crippen LogP contribution in [0.2, 0.25) is 0 Å². The Bertz CT molecular complexity index is 794. The number of para-hydroxylation sites is 1. The zero-order valence-corrected chi connectivity index (χ0v) is 18.5. The number of hydrogen-bond acceptors (Lipinski definition) is 4. The molecule has 0 amide bonds. The lowest BCUT2D eigenvalue weighted by atomic mass is 9.98. The van der Waals surface area contributed by atoms with Crippen LogP contribution in [0.3, 0.4) is 0 Å². The molecule has 5 heteroatoms. The highest BCUT2D eigenvalue weighted by molar-refractivity contribution is 5.85. The topological polar surface area (TPSA) is 38.8 Å².